The zero-order valence-electron chi connectivity index (χ0n) is 13.3. The minimum Gasteiger partial charge on any atom is -0.493 e. The van der Waals surface area contributed by atoms with E-state index < -0.39 is 11.9 Å². The van der Waals surface area contributed by atoms with Gasteiger partial charge in [-0.2, -0.15) is 0 Å². The van der Waals surface area contributed by atoms with Crippen LogP contribution >= 0.6 is 0 Å². The Morgan fingerprint density at radius 2 is 2.04 bits per heavy atom. The van der Waals surface area contributed by atoms with E-state index in [1.54, 1.807) is 18.2 Å². The van der Waals surface area contributed by atoms with E-state index >= 15 is 0 Å². The first-order valence-electron chi connectivity index (χ1n) is 7.76. The smallest absolute Gasteiger partial charge is 0.197 e. The molecule has 6 heteroatoms. The average molecular weight is 335 g/mol. The maximum absolute atomic E-state index is 14.2. The molecule has 1 saturated heterocycles. The molecule has 24 heavy (non-hydrogen) atoms. The Morgan fingerprint density at radius 1 is 1.21 bits per heavy atom. The number of halogens is 2. The van der Waals surface area contributed by atoms with Crippen molar-refractivity contribution in [2.75, 3.05) is 26.8 Å². The molecule has 2 aromatic carbocycles. The molecule has 0 aliphatic carbocycles. The predicted octanol–water partition coefficient (Wildman–Crippen LogP) is 3.08. The zero-order valence-corrected chi connectivity index (χ0v) is 13.3. The lowest BCUT2D eigenvalue weighted by atomic mass is 10.0. The summed E-state index contributed by atoms with van der Waals surface area (Å²) in [5.41, 5.74) is 0.578. The van der Waals surface area contributed by atoms with Gasteiger partial charge in [0.1, 0.15) is 11.9 Å². The van der Waals surface area contributed by atoms with Gasteiger partial charge in [-0.05, 0) is 29.8 Å². The van der Waals surface area contributed by atoms with Crippen LogP contribution in [0.5, 0.6) is 11.5 Å². The standard InChI is InChI=1S/C18H19F2NO3/c1-22-15-7-3-6-14(20)18(15)24-17(16-11-21-8-9-23-16)12-4-2-5-13(19)10-12/h2-7,10,16-17,21H,8-9,11H2,1H3/t16?,17-/m0/s1. The highest BCUT2D eigenvalue weighted by atomic mass is 19.1. The number of morpholine rings is 1. The van der Waals surface area contributed by atoms with Crippen molar-refractivity contribution >= 4 is 0 Å². The first kappa shape index (κ1) is 16.7. The van der Waals surface area contributed by atoms with Crippen LogP contribution in [0.4, 0.5) is 8.78 Å². The number of hydrogen-bond donors (Lipinski definition) is 1. The number of nitrogens with one attached hydrogen (secondary N) is 1. The number of benzene rings is 2. The van der Waals surface area contributed by atoms with Crippen LogP contribution in [0.15, 0.2) is 42.5 Å². The van der Waals surface area contributed by atoms with E-state index in [9.17, 15) is 8.78 Å². The van der Waals surface area contributed by atoms with Gasteiger partial charge < -0.3 is 19.5 Å². The number of hydrogen-bond acceptors (Lipinski definition) is 4. The third kappa shape index (κ3) is 3.66. The highest BCUT2D eigenvalue weighted by Crippen LogP contribution is 2.35. The fourth-order valence-electron chi connectivity index (χ4n) is 2.71. The molecule has 3 rings (SSSR count). The van der Waals surface area contributed by atoms with Crippen molar-refractivity contribution in [1.29, 1.82) is 0 Å². The maximum atomic E-state index is 14.2. The van der Waals surface area contributed by atoms with Crippen molar-refractivity contribution in [2.24, 2.45) is 0 Å². The van der Waals surface area contributed by atoms with Crippen LogP contribution in [0, 0.1) is 11.6 Å². The zero-order chi connectivity index (χ0) is 16.9. The number of para-hydroxylation sites is 1. The fourth-order valence-corrected chi connectivity index (χ4v) is 2.71. The van der Waals surface area contributed by atoms with E-state index in [-0.39, 0.29) is 23.4 Å². The topological polar surface area (TPSA) is 39.7 Å². The minimum atomic E-state index is -0.667. The van der Waals surface area contributed by atoms with Gasteiger partial charge in [0, 0.05) is 13.1 Å². The molecule has 0 radical (unpaired) electrons. The van der Waals surface area contributed by atoms with Crippen molar-refractivity contribution < 1.29 is 23.0 Å². The summed E-state index contributed by atoms with van der Waals surface area (Å²) in [7, 11) is 1.44. The summed E-state index contributed by atoms with van der Waals surface area (Å²) < 4.78 is 44.7. The molecule has 0 spiro atoms. The molecule has 1 aliphatic heterocycles. The molecule has 2 aromatic rings. The monoisotopic (exact) mass is 335 g/mol. The molecule has 128 valence electrons. The molecule has 1 unspecified atom stereocenters. The fraction of sp³-hybridized carbons (Fsp3) is 0.333. The van der Waals surface area contributed by atoms with E-state index in [2.05, 4.69) is 5.32 Å². The van der Waals surface area contributed by atoms with E-state index in [1.807, 2.05) is 0 Å². The Morgan fingerprint density at radius 3 is 2.75 bits per heavy atom. The Labute approximate surface area is 139 Å². The molecule has 2 atom stereocenters. The number of rotatable bonds is 5. The van der Waals surface area contributed by atoms with Gasteiger partial charge in [0.25, 0.3) is 0 Å². The molecule has 1 N–H and O–H groups in total. The van der Waals surface area contributed by atoms with Crippen LogP contribution in [-0.4, -0.2) is 32.9 Å². The van der Waals surface area contributed by atoms with E-state index in [0.29, 0.717) is 18.7 Å². The lowest BCUT2D eigenvalue weighted by Gasteiger charge is -2.32. The third-order valence-corrected chi connectivity index (χ3v) is 3.87. The van der Waals surface area contributed by atoms with E-state index in [1.165, 1.54) is 31.4 Å². The lowest BCUT2D eigenvalue weighted by molar-refractivity contribution is -0.0449. The van der Waals surface area contributed by atoms with Crippen molar-refractivity contribution in [3.05, 3.63) is 59.7 Å². The van der Waals surface area contributed by atoms with Crippen molar-refractivity contribution in [3.63, 3.8) is 0 Å². The second-order valence-corrected chi connectivity index (χ2v) is 5.48. The second-order valence-electron chi connectivity index (χ2n) is 5.48. The summed E-state index contributed by atoms with van der Waals surface area (Å²) in [6.07, 6.45) is -1.04. The molecular weight excluding hydrogens is 316 g/mol. The van der Waals surface area contributed by atoms with Crippen LogP contribution in [0.2, 0.25) is 0 Å². The van der Waals surface area contributed by atoms with Crippen LogP contribution in [-0.2, 0) is 4.74 Å². The van der Waals surface area contributed by atoms with Gasteiger partial charge >= 0.3 is 0 Å². The molecular formula is C18H19F2NO3. The van der Waals surface area contributed by atoms with Gasteiger partial charge in [-0.25, -0.2) is 8.78 Å². The van der Waals surface area contributed by atoms with Gasteiger partial charge in [0.2, 0.25) is 0 Å². The molecule has 1 fully saturated rings. The van der Waals surface area contributed by atoms with Crippen LogP contribution in [0.25, 0.3) is 0 Å². The SMILES string of the molecule is COc1cccc(F)c1O[C@@H](c1cccc(F)c1)C1CNCCO1. The lowest BCUT2D eigenvalue weighted by Crippen LogP contribution is -2.43. The van der Waals surface area contributed by atoms with E-state index in [4.69, 9.17) is 14.2 Å². The summed E-state index contributed by atoms with van der Waals surface area (Å²) in [5.74, 6) is -0.659. The number of ether oxygens (including phenoxy) is 3. The summed E-state index contributed by atoms with van der Waals surface area (Å²) in [4.78, 5) is 0. The van der Waals surface area contributed by atoms with Gasteiger partial charge in [-0.3, -0.25) is 0 Å². The molecule has 0 amide bonds. The Bertz CT molecular complexity index is 690. The van der Waals surface area contributed by atoms with Crippen molar-refractivity contribution in [3.8, 4) is 11.5 Å². The van der Waals surface area contributed by atoms with Gasteiger partial charge in [-0.1, -0.05) is 18.2 Å². The molecule has 0 saturated carbocycles. The molecule has 1 heterocycles. The van der Waals surface area contributed by atoms with Gasteiger partial charge in [0.15, 0.2) is 23.4 Å². The molecule has 1 aliphatic rings. The Hall–Kier alpha value is -2.18. The van der Waals surface area contributed by atoms with E-state index in [0.717, 1.165) is 6.54 Å². The quantitative estimate of drug-likeness (QED) is 0.912. The van der Waals surface area contributed by atoms with Crippen LogP contribution in [0.1, 0.15) is 11.7 Å². The van der Waals surface area contributed by atoms with Crippen molar-refractivity contribution in [1.82, 2.24) is 5.32 Å². The second kappa shape index (κ2) is 7.59. The highest BCUT2D eigenvalue weighted by Gasteiger charge is 2.30. The molecule has 4 nitrogen and oxygen atoms in total. The minimum absolute atomic E-state index is 0.0107. The summed E-state index contributed by atoms with van der Waals surface area (Å²) in [5, 5.41) is 3.20. The first-order chi connectivity index (χ1) is 11.7. The van der Waals surface area contributed by atoms with Gasteiger partial charge in [-0.15, -0.1) is 0 Å². The largest absolute Gasteiger partial charge is 0.493 e. The maximum Gasteiger partial charge on any atom is 0.197 e. The summed E-state index contributed by atoms with van der Waals surface area (Å²) in [6, 6.07) is 10.5. The Kier molecular flexibility index (Phi) is 5.27. The Balaban J connectivity index is 1.96. The van der Waals surface area contributed by atoms with Gasteiger partial charge in [0.05, 0.1) is 13.7 Å². The normalized spacial score (nSPS) is 18.9. The first-order valence-corrected chi connectivity index (χ1v) is 7.76. The summed E-state index contributed by atoms with van der Waals surface area (Å²) in [6.45, 7) is 1.77. The molecule has 0 bridgehead atoms. The third-order valence-electron chi connectivity index (χ3n) is 3.87. The highest BCUT2D eigenvalue weighted by molar-refractivity contribution is 5.41. The van der Waals surface area contributed by atoms with Crippen LogP contribution in [0.3, 0.4) is 0 Å². The van der Waals surface area contributed by atoms with Crippen molar-refractivity contribution in [2.45, 2.75) is 12.2 Å². The van der Waals surface area contributed by atoms with Crippen LogP contribution < -0.4 is 14.8 Å². The summed E-state index contributed by atoms with van der Waals surface area (Å²) >= 11 is 0. The predicted molar refractivity (Wildman–Crippen MR) is 85.3 cm³/mol. The molecule has 0 aromatic heterocycles. The number of methoxy groups -OCH3 is 1. The average Bonchev–Trinajstić information content (AvgIpc) is 2.61.